The second kappa shape index (κ2) is 7.65. The second-order valence-electron chi connectivity index (χ2n) is 5.30. The van der Waals surface area contributed by atoms with Gasteiger partial charge >= 0.3 is 5.97 Å². The smallest absolute Gasteiger partial charge is 0.310 e. The van der Waals surface area contributed by atoms with Crippen LogP contribution in [0, 0.1) is 5.82 Å². The summed E-state index contributed by atoms with van der Waals surface area (Å²) in [5, 5.41) is 2.67. The predicted molar refractivity (Wildman–Crippen MR) is 87.0 cm³/mol. The first-order valence-corrected chi connectivity index (χ1v) is 7.73. The molecule has 2 aromatic rings. The van der Waals surface area contributed by atoms with Gasteiger partial charge < -0.3 is 19.5 Å². The summed E-state index contributed by atoms with van der Waals surface area (Å²) in [6.07, 6.45) is -1.17. The molecule has 6 nitrogen and oxygen atoms in total. The average Bonchev–Trinajstić information content (AvgIpc) is 2.61. The van der Waals surface area contributed by atoms with Crippen molar-refractivity contribution < 1.29 is 28.2 Å². The summed E-state index contributed by atoms with van der Waals surface area (Å²) in [7, 11) is 0. The summed E-state index contributed by atoms with van der Waals surface area (Å²) in [5.41, 5.74) is 0.565. The van der Waals surface area contributed by atoms with Crippen LogP contribution in [0.3, 0.4) is 0 Å². The monoisotopic (exact) mass is 345 g/mol. The van der Waals surface area contributed by atoms with Gasteiger partial charge in [-0.05, 0) is 24.3 Å². The zero-order valence-corrected chi connectivity index (χ0v) is 13.2. The molecule has 130 valence electrons. The molecule has 0 saturated heterocycles. The van der Waals surface area contributed by atoms with Crippen LogP contribution in [0.4, 0.5) is 10.1 Å². The van der Waals surface area contributed by atoms with Gasteiger partial charge in [-0.15, -0.1) is 0 Å². The number of carbonyl (C=O) groups is 2. The van der Waals surface area contributed by atoms with Gasteiger partial charge in [-0.25, -0.2) is 4.39 Å². The summed E-state index contributed by atoms with van der Waals surface area (Å²) in [6.45, 7) is -0.0503. The van der Waals surface area contributed by atoms with Gasteiger partial charge in [0.1, 0.15) is 19.0 Å². The fourth-order valence-corrected chi connectivity index (χ4v) is 2.31. The molecule has 1 amide bonds. The number of fused-ring (bicyclic) bond motifs is 1. The number of esters is 1. The Balaban J connectivity index is 1.44. The van der Waals surface area contributed by atoms with E-state index in [9.17, 15) is 14.0 Å². The van der Waals surface area contributed by atoms with Crippen LogP contribution in [0.25, 0.3) is 0 Å². The largest absolute Gasteiger partial charge is 0.487 e. The van der Waals surface area contributed by atoms with Crippen molar-refractivity contribution in [3.05, 3.63) is 54.3 Å². The topological polar surface area (TPSA) is 73.9 Å². The van der Waals surface area contributed by atoms with Gasteiger partial charge in [-0.2, -0.15) is 0 Å². The summed E-state index contributed by atoms with van der Waals surface area (Å²) in [6, 6.07) is 12.9. The van der Waals surface area contributed by atoms with E-state index in [0.717, 1.165) is 0 Å². The third kappa shape index (κ3) is 4.26. The van der Waals surface area contributed by atoms with Gasteiger partial charge in [-0.3, -0.25) is 9.59 Å². The number of hydrogen-bond acceptors (Lipinski definition) is 5. The average molecular weight is 345 g/mol. The molecule has 0 aliphatic carbocycles. The van der Waals surface area contributed by atoms with Crippen molar-refractivity contribution in [1.29, 1.82) is 0 Å². The minimum Gasteiger partial charge on any atom is -0.487 e. The van der Waals surface area contributed by atoms with Crippen molar-refractivity contribution in [1.82, 2.24) is 0 Å². The van der Waals surface area contributed by atoms with Crippen molar-refractivity contribution in [2.24, 2.45) is 0 Å². The molecule has 3 rings (SSSR count). The zero-order valence-electron chi connectivity index (χ0n) is 13.2. The second-order valence-corrected chi connectivity index (χ2v) is 5.30. The molecule has 0 radical (unpaired) electrons. The number of nitrogens with one attached hydrogen (secondary N) is 1. The van der Waals surface area contributed by atoms with Crippen molar-refractivity contribution in [3.8, 4) is 11.5 Å². The molecule has 25 heavy (non-hydrogen) atoms. The molecular weight excluding hydrogens is 329 g/mol. The number of carbonyl (C=O) groups excluding carboxylic acids is 2. The van der Waals surface area contributed by atoms with Crippen molar-refractivity contribution in [2.45, 2.75) is 12.5 Å². The van der Waals surface area contributed by atoms with Gasteiger partial charge in [0.05, 0.1) is 12.1 Å². The normalized spacial score (nSPS) is 15.6. The quantitative estimate of drug-likeness (QED) is 0.643. The van der Waals surface area contributed by atoms with E-state index in [1.54, 1.807) is 36.4 Å². The lowest BCUT2D eigenvalue weighted by atomic mass is 10.1. The van der Waals surface area contributed by atoms with E-state index in [1.165, 1.54) is 12.1 Å². The maximum Gasteiger partial charge on any atom is 0.310 e. The molecule has 0 unspecified atom stereocenters. The van der Waals surface area contributed by atoms with Gasteiger partial charge in [-0.1, -0.05) is 24.3 Å². The minimum atomic E-state index is -0.949. The lowest BCUT2D eigenvalue weighted by Gasteiger charge is -2.25. The summed E-state index contributed by atoms with van der Waals surface area (Å²) in [5.74, 6) is -0.900. The Bertz CT molecular complexity index is 780. The maximum absolute atomic E-state index is 13.4. The molecule has 0 bridgehead atoms. The molecule has 2 aromatic carbocycles. The first-order valence-electron chi connectivity index (χ1n) is 7.73. The number of benzene rings is 2. The Labute approximate surface area is 143 Å². The van der Waals surface area contributed by atoms with E-state index in [2.05, 4.69) is 5.32 Å². The van der Waals surface area contributed by atoms with Crippen LogP contribution in [-0.4, -0.2) is 31.2 Å². The van der Waals surface area contributed by atoms with Gasteiger partial charge in [0, 0.05) is 0 Å². The van der Waals surface area contributed by atoms with Gasteiger partial charge in [0.25, 0.3) is 5.91 Å². The van der Waals surface area contributed by atoms with Crippen LogP contribution in [0.5, 0.6) is 11.5 Å². The summed E-state index contributed by atoms with van der Waals surface area (Å²) < 4.78 is 29.0. The predicted octanol–water partition coefficient (Wildman–Crippen LogP) is 2.54. The third-order valence-electron chi connectivity index (χ3n) is 3.50. The number of para-hydroxylation sites is 3. The summed E-state index contributed by atoms with van der Waals surface area (Å²) >= 11 is 0. The fourth-order valence-electron chi connectivity index (χ4n) is 2.31. The molecule has 1 aliphatic heterocycles. The Morgan fingerprint density at radius 3 is 2.72 bits per heavy atom. The maximum atomic E-state index is 13.4. The van der Waals surface area contributed by atoms with Gasteiger partial charge in [0.15, 0.2) is 17.7 Å². The van der Waals surface area contributed by atoms with Crippen LogP contribution in [0.1, 0.15) is 6.42 Å². The Morgan fingerprint density at radius 2 is 1.88 bits per heavy atom. The molecule has 0 fully saturated rings. The minimum absolute atomic E-state index is 0.00717. The summed E-state index contributed by atoms with van der Waals surface area (Å²) in [4.78, 5) is 23.8. The van der Waals surface area contributed by atoms with Crippen LogP contribution in [0.15, 0.2) is 48.5 Å². The molecule has 1 N–H and O–H groups in total. The molecule has 0 aromatic heterocycles. The highest BCUT2D eigenvalue weighted by Crippen LogP contribution is 2.29. The molecule has 7 heteroatoms. The number of amides is 1. The van der Waals surface area contributed by atoms with E-state index in [-0.39, 0.29) is 25.4 Å². The molecule has 1 atom stereocenters. The van der Waals surface area contributed by atoms with E-state index >= 15 is 0 Å². The van der Waals surface area contributed by atoms with E-state index < -0.39 is 23.8 Å². The molecule has 0 spiro atoms. The third-order valence-corrected chi connectivity index (χ3v) is 3.50. The number of rotatable bonds is 6. The van der Waals surface area contributed by atoms with Crippen LogP contribution < -0.4 is 14.8 Å². The lowest BCUT2D eigenvalue weighted by molar-refractivity contribution is -0.148. The Hall–Kier alpha value is -3.09. The van der Waals surface area contributed by atoms with E-state index in [4.69, 9.17) is 14.2 Å². The molecule has 0 saturated carbocycles. The van der Waals surface area contributed by atoms with Crippen LogP contribution >= 0.6 is 0 Å². The Kier molecular flexibility index (Phi) is 5.13. The van der Waals surface area contributed by atoms with Crippen molar-refractivity contribution in [2.75, 3.05) is 18.5 Å². The number of hydrogen-bond donors (Lipinski definition) is 1. The number of ether oxygens (including phenoxy) is 3. The number of anilines is 1. The van der Waals surface area contributed by atoms with Crippen LogP contribution in [0.2, 0.25) is 0 Å². The standard InChI is InChI=1S/C18H16FNO5/c19-12-5-1-3-7-14(12)23-9-10-24-17(21)11-16-18(22)20-13-6-2-4-8-15(13)25-16/h1-8,16H,9-11H2,(H,20,22)/t16-/m0/s1. The molecular formula is C18H16FNO5. The molecule has 1 heterocycles. The highest BCUT2D eigenvalue weighted by atomic mass is 19.1. The first kappa shape index (κ1) is 16.8. The lowest BCUT2D eigenvalue weighted by Crippen LogP contribution is -2.39. The van der Waals surface area contributed by atoms with Crippen molar-refractivity contribution >= 4 is 17.6 Å². The first-order chi connectivity index (χ1) is 12.1. The van der Waals surface area contributed by atoms with Crippen LogP contribution in [-0.2, 0) is 14.3 Å². The zero-order chi connectivity index (χ0) is 17.6. The molecule has 1 aliphatic rings. The fraction of sp³-hybridized carbons (Fsp3) is 0.222. The van der Waals surface area contributed by atoms with Crippen molar-refractivity contribution in [3.63, 3.8) is 0 Å². The SMILES string of the molecule is O=C(C[C@@H]1Oc2ccccc2NC1=O)OCCOc1ccccc1F. The van der Waals surface area contributed by atoms with Gasteiger partial charge in [0.2, 0.25) is 0 Å². The van der Waals surface area contributed by atoms with E-state index in [1.807, 2.05) is 0 Å². The number of halogens is 1. The Morgan fingerprint density at radius 1 is 1.12 bits per heavy atom. The van der Waals surface area contributed by atoms with E-state index in [0.29, 0.717) is 11.4 Å². The highest BCUT2D eigenvalue weighted by Gasteiger charge is 2.30. The highest BCUT2D eigenvalue weighted by molar-refractivity contribution is 5.99.